The molecule has 0 radical (unpaired) electrons. The Morgan fingerprint density at radius 3 is 2.60 bits per heavy atom. The van der Waals surface area contributed by atoms with Gasteiger partial charge in [-0.05, 0) is 23.8 Å². The molecule has 1 aliphatic rings. The van der Waals surface area contributed by atoms with E-state index in [0.717, 1.165) is 18.7 Å². The number of fused-ring (bicyclic) bond motifs is 1. The van der Waals surface area contributed by atoms with E-state index in [0.29, 0.717) is 36.3 Å². The van der Waals surface area contributed by atoms with Crippen LogP contribution in [-0.4, -0.2) is 41.6 Å². The van der Waals surface area contributed by atoms with Gasteiger partial charge in [0.05, 0.1) is 12.1 Å². The minimum absolute atomic E-state index is 0.0261. The van der Waals surface area contributed by atoms with Crippen LogP contribution in [0.2, 0.25) is 0 Å². The number of carbonyl (C=O) groups excluding carboxylic acids is 1. The van der Waals surface area contributed by atoms with E-state index >= 15 is 0 Å². The lowest BCUT2D eigenvalue weighted by Crippen LogP contribution is -2.46. The van der Waals surface area contributed by atoms with Crippen molar-refractivity contribution in [3.63, 3.8) is 0 Å². The van der Waals surface area contributed by atoms with Gasteiger partial charge < -0.3 is 14.6 Å². The predicted molar refractivity (Wildman–Crippen MR) is 94.8 cm³/mol. The molecule has 0 aliphatic carbocycles. The van der Waals surface area contributed by atoms with Crippen molar-refractivity contribution >= 4 is 17.0 Å². The number of nitrogens with one attached hydrogen (secondary N) is 1. The first-order chi connectivity index (χ1) is 12.2. The normalized spacial score (nSPS) is 14.8. The Labute approximate surface area is 144 Å². The standard InChI is InChI=1S/C19H19N3O3/c23-18(21-10-8-20-9-11-21)15-6-7-16-17(12-15)25-19(24)22(16)13-14-4-2-1-3-5-14/h1-7,12,20H,8-11,13H2. The smallest absolute Gasteiger partial charge is 0.408 e. The summed E-state index contributed by atoms with van der Waals surface area (Å²) < 4.78 is 6.96. The highest BCUT2D eigenvalue weighted by Gasteiger charge is 2.19. The van der Waals surface area contributed by atoms with Crippen molar-refractivity contribution in [2.24, 2.45) is 0 Å². The minimum Gasteiger partial charge on any atom is -0.408 e. The zero-order chi connectivity index (χ0) is 17.2. The number of oxazole rings is 1. The lowest BCUT2D eigenvalue weighted by atomic mass is 10.1. The summed E-state index contributed by atoms with van der Waals surface area (Å²) >= 11 is 0. The third-order valence-electron chi connectivity index (χ3n) is 4.50. The number of benzene rings is 2. The molecule has 0 saturated carbocycles. The first kappa shape index (κ1) is 15.7. The van der Waals surface area contributed by atoms with Gasteiger partial charge in [-0.2, -0.15) is 0 Å². The van der Waals surface area contributed by atoms with Crippen molar-refractivity contribution in [2.45, 2.75) is 6.54 Å². The van der Waals surface area contributed by atoms with Crippen LogP contribution >= 0.6 is 0 Å². The van der Waals surface area contributed by atoms with Crippen LogP contribution in [0.1, 0.15) is 15.9 Å². The number of hydrogen-bond acceptors (Lipinski definition) is 4. The zero-order valence-corrected chi connectivity index (χ0v) is 13.8. The van der Waals surface area contributed by atoms with Crippen molar-refractivity contribution in [3.05, 3.63) is 70.2 Å². The van der Waals surface area contributed by atoms with Gasteiger partial charge in [-0.25, -0.2) is 4.79 Å². The summed E-state index contributed by atoms with van der Waals surface area (Å²) in [4.78, 5) is 26.6. The van der Waals surface area contributed by atoms with Crippen LogP contribution in [0, 0.1) is 0 Å². The quantitative estimate of drug-likeness (QED) is 0.790. The highest BCUT2D eigenvalue weighted by Crippen LogP contribution is 2.18. The van der Waals surface area contributed by atoms with Crippen molar-refractivity contribution in [1.82, 2.24) is 14.8 Å². The molecule has 2 aromatic carbocycles. The van der Waals surface area contributed by atoms with Crippen LogP contribution in [0.5, 0.6) is 0 Å². The van der Waals surface area contributed by atoms with Crippen molar-refractivity contribution in [2.75, 3.05) is 26.2 Å². The summed E-state index contributed by atoms with van der Waals surface area (Å²) in [5, 5.41) is 3.23. The maximum Gasteiger partial charge on any atom is 0.420 e. The number of aromatic nitrogens is 1. The topological polar surface area (TPSA) is 67.5 Å². The number of nitrogens with zero attached hydrogens (tertiary/aromatic N) is 2. The predicted octanol–water partition coefficient (Wildman–Crippen LogP) is 1.69. The Bertz CT molecular complexity index is 953. The highest BCUT2D eigenvalue weighted by atomic mass is 16.4. The SMILES string of the molecule is O=C(c1ccc2c(c1)oc(=O)n2Cc1ccccc1)N1CCNCC1. The Hall–Kier alpha value is -2.86. The molecule has 128 valence electrons. The van der Waals surface area contributed by atoms with Crippen molar-refractivity contribution < 1.29 is 9.21 Å². The number of rotatable bonds is 3. The van der Waals surface area contributed by atoms with Crippen LogP contribution in [0.3, 0.4) is 0 Å². The third kappa shape index (κ3) is 3.08. The van der Waals surface area contributed by atoms with E-state index in [1.54, 1.807) is 22.8 Å². The molecule has 2 heterocycles. The second kappa shape index (κ2) is 6.57. The molecule has 0 bridgehead atoms. The fourth-order valence-corrected chi connectivity index (χ4v) is 3.17. The second-order valence-corrected chi connectivity index (χ2v) is 6.16. The largest absolute Gasteiger partial charge is 0.420 e. The zero-order valence-electron chi connectivity index (χ0n) is 13.8. The average Bonchev–Trinajstić information content (AvgIpc) is 2.97. The van der Waals surface area contributed by atoms with E-state index in [9.17, 15) is 9.59 Å². The molecule has 0 atom stereocenters. The third-order valence-corrected chi connectivity index (χ3v) is 4.50. The Balaban J connectivity index is 1.66. The average molecular weight is 337 g/mol. The van der Waals surface area contributed by atoms with Crippen molar-refractivity contribution in [1.29, 1.82) is 0 Å². The van der Waals surface area contributed by atoms with Gasteiger partial charge >= 0.3 is 5.76 Å². The molecule has 1 N–H and O–H groups in total. The summed E-state index contributed by atoms with van der Waals surface area (Å²) in [5.41, 5.74) is 2.72. The van der Waals surface area contributed by atoms with Gasteiger partial charge in [0.2, 0.25) is 0 Å². The molecule has 1 fully saturated rings. The van der Waals surface area contributed by atoms with Gasteiger partial charge in [-0.15, -0.1) is 0 Å². The van der Waals surface area contributed by atoms with Crippen LogP contribution in [0.25, 0.3) is 11.1 Å². The molecule has 4 rings (SSSR count). The molecule has 6 nitrogen and oxygen atoms in total. The van der Waals surface area contributed by atoms with Crippen molar-refractivity contribution in [3.8, 4) is 0 Å². The highest BCUT2D eigenvalue weighted by molar-refractivity contribution is 5.97. The molecule has 3 aromatic rings. The fraction of sp³-hybridized carbons (Fsp3) is 0.263. The molecule has 1 aromatic heterocycles. The molecule has 0 unspecified atom stereocenters. The number of amides is 1. The molecule has 6 heteroatoms. The lowest BCUT2D eigenvalue weighted by Gasteiger charge is -2.27. The Morgan fingerprint density at radius 2 is 1.84 bits per heavy atom. The van der Waals surface area contributed by atoms with Gasteiger partial charge in [0.15, 0.2) is 5.58 Å². The lowest BCUT2D eigenvalue weighted by molar-refractivity contribution is 0.0736. The number of hydrogen-bond donors (Lipinski definition) is 1. The summed E-state index contributed by atoms with van der Waals surface area (Å²) in [6.07, 6.45) is 0. The van der Waals surface area contributed by atoms with Gasteiger partial charge in [0.1, 0.15) is 0 Å². The molecule has 1 amide bonds. The summed E-state index contributed by atoms with van der Waals surface area (Å²) in [6.45, 7) is 3.43. The van der Waals surface area contributed by atoms with E-state index in [4.69, 9.17) is 4.42 Å². The van der Waals surface area contributed by atoms with E-state index in [2.05, 4.69) is 5.32 Å². The molecular formula is C19H19N3O3. The van der Waals surface area contributed by atoms with Crippen LogP contribution in [0.4, 0.5) is 0 Å². The molecule has 0 spiro atoms. The Kier molecular flexibility index (Phi) is 4.11. The van der Waals surface area contributed by atoms with E-state index in [1.165, 1.54) is 0 Å². The van der Waals surface area contributed by atoms with Gasteiger partial charge in [0, 0.05) is 31.7 Å². The van der Waals surface area contributed by atoms with Crippen LogP contribution in [0.15, 0.2) is 57.7 Å². The van der Waals surface area contributed by atoms with Crippen LogP contribution in [-0.2, 0) is 6.54 Å². The first-order valence-corrected chi connectivity index (χ1v) is 8.40. The second-order valence-electron chi connectivity index (χ2n) is 6.16. The van der Waals surface area contributed by atoms with Gasteiger partial charge in [-0.1, -0.05) is 30.3 Å². The van der Waals surface area contributed by atoms with Gasteiger partial charge in [0.25, 0.3) is 5.91 Å². The number of piperazine rings is 1. The summed E-state index contributed by atoms with van der Waals surface area (Å²) in [6, 6.07) is 15.0. The minimum atomic E-state index is -0.411. The molecule has 1 aliphatic heterocycles. The van der Waals surface area contributed by atoms with E-state index in [1.807, 2.05) is 35.2 Å². The Morgan fingerprint density at radius 1 is 1.08 bits per heavy atom. The summed E-state index contributed by atoms with van der Waals surface area (Å²) in [5.74, 6) is -0.438. The fourth-order valence-electron chi connectivity index (χ4n) is 3.17. The molecular weight excluding hydrogens is 318 g/mol. The molecule has 1 saturated heterocycles. The monoisotopic (exact) mass is 337 g/mol. The van der Waals surface area contributed by atoms with E-state index in [-0.39, 0.29) is 5.91 Å². The maximum atomic E-state index is 12.6. The first-order valence-electron chi connectivity index (χ1n) is 8.40. The van der Waals surface area contributed by atoms with Gasteiger partial charge in [-0.3, -0.25) is 9.36 Å². The van der Waals surface area contributed by atoms with Crippen LogP contribution < -0.4 is 11.1 Å². The molecule has 25 heavy (non-hydrogen) atoms. The maximum absolute atomic E-state index is 12.6. The number of carbonyl (C=O) groups is 1. The van der Waals surface area contributed by atoms with E-state index < -0.39 is 5.76 Å². The summed E-state index contributed by atoms with van der Waals surface area (Å²) in [7, 11) is 0.